The summed E-state index contributed by atoms with van der Waals surface area (Å²) in [5.41, 5.74) is 2.18. The maximum absolute atomic E-state index is 12.7. The van der Waals surface area contributed by atoms with E-state index < -0.39 is 10.0 Å². The third-order valence-electron chi connectivity index (χ3n) is 6.39. The summed E-state index contributed by atoms with van der Waals surface area (Å²) in [6, 6.07) is 11.5. The summed E-state index contributed by atoms with van der Waals surface area (Å²) in [6.45, 7) is 5.54. The van der Waals surface area contributed by atoms with Crippen molar-refractivity contribution >= 4 is 27.2 Å². The predicted molar refractivity (Wildman–Crippen MR) is 134 cm³/mol. The Morgan fingerprint density at radius 2 is 1.71 bits per heavy atom. The number of piperazine rings is 1. The van der Waals surface area contributed by atoms with Gasteiger partial charge in [-0.1, -0.05) is 0 Å². The van der Waals surface area contributed by atoms with E-state index in [2.05, 4.69) is 20.2 Å². The van der Waals surface area contributed by atoms with Gasteiger partial charge in [-0.2, -0.15) is 4.31 Å². The number of rotatable bonds is 7. The zero-order chi connectivity index (χ0) is 23.5. The van der Waals surface area contributed by atoms with Crippen LogP contribution in [-0.4, -0.2) is 74.0 Å². The number of hydrogen-bond donors (Lipinski definition) is 0. The second-order valence-corrected chi connectivity index (χ2v) is 11.4. The summed E-state index contributed by atoms with van der Waals surface area (Å²) >= 11 is 1.66. The quantitative estimate of drug-likeness (QED) is 0.493. The molecule has 0 N–H and O–H groups in total. The molecule has 180 valence electrons. The van der Waals surface area contributed by atoms with Crippen molar-refractivity contribution in [2.75, 3.05) is 51.3 Å². The van der Waals surface area contributed by atoms with Gasteiger partial charge in [-0.05, 0) is 49.2 Å². The summed E-state index contributed by atoms with van der Waals surface area (Å²) in [5.74, 6) is 1.67. The van der Waals surface area contributed by atoms with Crippen LogP contribution in [0.3, 0.4) is 0 Å². The van der Waals surface area contributed by atoms with Crippen molar-refractivity contribution < 1.29 is 13.2 Å². The first-order chi connectivity index (χ1) is 16.5. The fourth-order valence-corrected chi connectivity index (χ4v) is 6.68. The van der Waals surface area contributed by atoms with Gasteiger partial charge in [-0.3, -0.25) is 4.90 Å². The number of benzene rings is 1. The van der Waals surface area contributed by atoms with E-state index >= 15 is 0 Å². The van der Waals surface area contributed by atoms with Gasteiger partial charge in [0.25, 0.3) is 0 Å². The molecule has 3 aromatic rings. The zero-order valence-electron chi connectivity index (χ0n) is 19.3. The number of pyridine rings is 1. The van der Waals surface area contributed by atoms with E-state index in [0.717, 1.165) is 73.4 Å². The SMILES string of the molecule is COc1ccc(-c2nc(CN3CCN(c4ccc(S(=O)(=O)N5CCCC5)cn4)CC3)cs2)cc1. The van der Waals surface area contributed by atoms with Crippen LogP contribution in [0.5, 0.6) is 5.75 Å². The molecule has 2 saturated heterocycles. The maximum atomic E-state index is 12.7. The van der Waals surface area contributed by atoms with E-state index in [9.17, 15) is 8.42 Å². The van der Waals surface area contributed by atoms with Crippen LogP contribution in [0.25, 0.3) is 10.6 Å². The molecular formula is C24H29N5O3S2. The number of anilines is 1. The molecule has 0 radical (unpaired) electrons. The summed E-state index contributed by atoms with van der Waals surface area (Å²) in [4.78, 5) is 14.2. The zero-order valence-corrected chi connectivity index (χ0v) is 20.9. The van der Waals surface area contributed by atoms with Gasteiger partial charge in [0.1, 0.15) is 21.5 Å². The minimum atomic E-state index is -3.42. The van der Waals surface area contributed by atoms with Crippen molar-refractivity contribution in [3.8, 4) is 16.3 Å². The molecule has 4 heterocycles. The average Bonchev–Trinajstić information content (AvgIpc) is 3.58. The second kappa shape index (κ2) is 9.99. The first-order valence-corrected chi connectivity index (χ1v) is 13.9. The Balaban J connectivity index is 1.16. The Morgan fingerprint density at radius 3 is 2.35 bits per heavy atom. The monoisotopic (exact) mass is 499 g/mol. The van der Waals surface area contributed by atoms with Gasteiger partial charge < -0.3 is 9.64 Å². The number of aromatic nitrogens is 2. The number of methoxy groups -OCH3 is 1. The van der Waals surface area contributed by atoms with Crippen molar-refractivity contribution in [3.05, 3.63) is 53.7 Å². The lowest BCUT2D eigenvalue weighted by molar-refractivity contribution is 0.247. The summed E-state index contributed by atoms with van der Waals surface area (Å²) < 4.78 is 32.2. The van der Waals surface area contributed by atoms with Crippen molar-refractivity contribution in [3.63, 3.8) is 0 Å². The highest BCUT2D eigenvalue weighted by Gasteiger charge is 2.28. The van der Waals surface area contributed by atoms with Crippen molar-refractivity contribution in [2.24, 2.45) is 0 Å². The number of thiazole rings is 1. The molecule has 0 bridgehead atoms. The molecule has 8 nitrogen and oxygen atoms in total. The van der Waals surface area contributed by atoms with Crippen molar-refractivity contribution in [1.29, 1.82) is 0 Å². The van der Waals surface area contributed by atoms with Gasteiger partial charge in [-0.15, -0.1) is 11.3 Å². The molecule has 0 aliphatic carbocycles. The fraction of sp³-hybridized carbons (Fsp3) is 0.417. The molecule has 10 heteroatoms. The largest absolute Gasteiger partial charge is 0.497 e. The van der Waals surface area contributed by atoms with Crippen LogP contribution in [0.15, 0.2) is 52.9 Å². The molecule has 2 aliphatic heterocycles. The van der Waals surface area contributed by atoms with E-state index in [-0.39, 0.29) is 4.90 Å². The van der Waals surface area contributed by atoms with E-state index in [4.69, 9.17) is 9.72 Å². The molecule has 0 amide bonds. The van der Waals surface area contributed by atoms with Gasteiger partial charge in [0.2, 0.25) is 10.0 Å². The molecule has 2 fully saturated rings. The second-order valence-electron chi connectivity index (χ2n) is 8.60. The van der Waals surface area contributed by atoms with Gasteiger partial charge in [-0.25, -0.2) is 18.4 Å². The Labute approximate surface area is 204 Å². The van der Waals surface area contributed by atoms with Crippen LogP contribution in [0.4, 0.5) is 5.82 Å². The molecule has 0 atom stereocenters. The lowest BCUT2D eigenvalue weighted by Gasteiger charge is -2.35. The lowest BCUT2D eigenvalue weighted by atomic mass is 10.2. The first-order valence-electron chi connectivity index (χ1n) is 11.6. The van der Waals surface area contributed by atoms with Crippen molar-refractivity contribution in [1.82, 2.24) is 19.2 Å². The summed E-state index contributed by atoms with van der Waals surface area (Å²) in [5, 5.41) is 3.15. The van der Waals surface area contributed by atoms with Gasteiger partial charge in [0.15, 0.2) is 0 Å². The van der Waals surface area contributed by atoms with E-state index in [1.54, 1.807) is 28.8 Å². The number of ether oxygens (including phenoxy) is 1. The standard InChI is InChI=1S/C24H29N5O3S2/c1-32-21-6-4-19(5-7-21)24-26-20(18-33-24)17-27-12-14-28(15-13-27)23-9-8-22(16-25-23)34(30,31)29-10-2-3-11-29/h4-9,16,18H,2-3,10-15,17H2,1H3. The average molecular weight is 500 g/mol. The van der Waals surface area contributed by atoms with E-state index in [1.165, 1.54) is 6.20 Å². The Morgan fingerprint density at radius 1 is 0.971 bits per heavy atom. The third-order valence-corrected chi connectivity index (χ3v) is 9.22. The number of hydrogen-bond acceptors (Lipinski definition) is 8. The molecule has 0 unspecified atom stereocenters. The molecule has 1 aromatic carbocycles. The summed E-state index contributed by atoms with van der Waals surface area (Å²) in [7, 11) is -1.75. The van der Waals surface area contributed by atoms with Gasteiger partial charge in [0, 0.05) is 63.0 Å². The highest BCUT2D eigenvalue weighted by Crippen LogP contribution is 2.27. The highest BCUT2D eigenvalue weighted by atomic mass is 32.2. The number of nitrogens with zero attached hydrogens (tertiary/aromatic N) is 5. The number of sulfonamides is 1. The van der Waals surface area contributed by atoms with Crippen LogP contribution in [0.1, 0.15) is 18.5 Å². The van der Waals surface area contributed by atoms with Crippen LogP contribution in [0, 0.1) is 0 Å². The predicted octanol–water partition coefficient (Wildman–Crippen LogP) is 3.32. The third kappa shape index (κ3) is 4.95. The van der Waals surface area contributed by atoms with Gasteiger partial charge in [0.05, 0.1) is 12.8 Å². The maximum Gasteiger partial charge on any atom is 0.244 e. The molecule has 2 aliphatic rings. The van der Waals surface area contributed by atoms with Crippen LogP contribution in [-0.2, 0) is 16.6 Å². The van der Waals surface area contributed by atoms with Gasteiger partial charge >= 0.3 is 0 Å². The van der Waals surface area contributed by atoms with Crippen LogP contribution in [0.2, 0.25) is 0 Å². The van der Waals surface area contributed by atoms with Crippen LogP contribution < -0.4 is 9.64 Å². The highest BCUT2D eigenvalue weighted by molar-refractivity contribution is 7.89. The van der Waals surface area contributed by atoms with Crippen molar-refractivity contribution in [2.45, 2.75) is 24.3 Å². The minimum Gasteiger partial charge on any atom is -0.497 e. The smallest absolute Gasteiger partial charge is 0.244 e. The minimum absolute atomic E-state index is 0.285. The summed E-state index contributed by atoms with van der Waals surface area (Å²) in [6.07, 6.45) is 3.36. The first kappa shape index (κ1) is 23.2. The Bertz CT molecular complexity index is 1200. The van der Waals surface area contributed by atoms with E-state index in [1.807, 2.05) is 30.3 Å². The molecule has 5 rings (SSSR count). The molecule has 0 spiro atoms. The normalized spacial score (nSPS) is 17.9. The Kier molecular flexibility index (Phi) is 6.82. The molecule has 2 aromatic heterocycles. The fourth-order valence-electron chi connectivity index (χ4n) is 4.40. The molecule has 34 heavy (non-hydrogen) atoms. The lowest BCUT2D eigenvalue weighted by Crippen LogP contribution is -2.46. The molecule has 0 saturated carbocycles. The topological polar surface area (TPSA) is 78.9 Å². The van der Waals surface area contributed by atoms with E-state index in [0.29, 0.717) is 13.1 Å². The Hall–Kier alpha value is -2.53. The molecular weight excluding hydrogens is 470 g/mol. The van der Waals surface area contributed by atoms with Crippen LogP contribution >= 0.6 is 11.3 Å².